The maximum Gasteiger partial charge on any atom is 0.237 e. The Balaban J connectivity index is 1.59. The predicted octanol–water partition coefficient (Wildman–Crippen LogP) is 1.76. The van der Waals surface area contributed by atoms with Gasteiger partial charge in [-0.1, -0.05) is 30.7 Å². The van der Waals surface area contributed by atoms with Gasteiger partial charge in [-0.25, -0.2) is 0 Å². The largest absolute Gasteiger partial charge is 0.358 e. The number of hydrogen-bond acceptors (Lipinski definition) is 4. The van der Waals surface area contributed by atoms with Crippen molar-refractivity contribution >= 4 is 5.91 Å². The van der Waals surface area contributed by atoms with Crippen LogP contribution in [0, 0.1) is 0 Å². The van der Waals surface area contributed by atoms with E-state index in [1.165, 1.54) is 30.4 Å². The number of carbonyl (C=O) groups excluding carboxylic acids is 1. The van der Waals surface area contributed by atoms with E-state index in [1.807, 2.05) is 6.07 Å². The third-order valence-electron chi connectivity index (χ3n) is 5.71. The fourth-order valence-electron chi connectivity index (χ4n) is 3.89. The van der Waals surface area contributed by atoms with Crippen LogP contribution < -0.4 is 5.32 Å². The van der Waals surface area contributed by atoms with Gasteiger partial charge in [0.05, 0.1) is 12.6 Å². The molecule has 1 N–H and O–H groups in total. The molecule has 0 spiro atoms. The number of benzene rings is 1. The van der Waals surface area contributed by atoms with Crippen LogP contribution in [0.25, 0.3) is 0 Å². The SMILES string of the molecule is CNC(=O)C1Cc2ccccc2CN1Cc1nnc(C2CCC2)n1C. The third-order valence-corrected chi connectivity index (χ3v) is 5.71. The number of nitrogens with one attached hydrogen (secondary N) is 1. The molecule has 6 heteroatoms. The Morgan fingerprint density at radius 1 is 1.24 bits per heavy atom. The Hall–Kier alpha value is -2.21. The Morgan fingerprint density at radius 2 is 2.00 bits per heavy atom. The van der Waals surface area contributed by atoms with Gasteiger partial charge in [-0.05, 0) is 30.4 Å². The van der Waals surface area contributed by atoms with E-state index in [4.69, 9.17) is 0 Å². The lowest BCUT2D eigenvalue weighted by molar-refractivity contribution is -0.126. The van der Waals surface area contributed by atoms with Crippen molar-refractivity contribution < 1.29 is 4.79 Å². The summed E-state index contributed by atoms with van der Waals surface area (Å²) in [6.07, 6.45) is 4.45. The lowest BCUT2D eigenvalue weighted by Crippen LogP contribution is -2.49. The number of aromatic nitrogens is 3. The Kier molecular flexibility index (Phi) is 4.29. The van der Waals surface area contributed by atoms with Gasteiger partial charge in [0, 0.05) is 26.6 Å². The second-order valence-corrected chi connectivity index (χ2v) is 7.17. The first-order chi connectivity index (χ1) is 12.2. The van der Waals surface area contributed by atoms with Gasteiger partial charge in [-0.3, -0.25) is 9.69 Å². The molecule has 2 aliphatic rings. The van der Waals surface area contributed by atoms with Crippen LogP contribution in [0.5, 0.6) is 0 Å². The molecule has 1 aromatic carbocycles. The molecule has 2 aromatic rings. The average molecular weight is 339 g/mol. The molecule has 1 saturated carbocycles. The maximum absolute atomic E-state index is 12.4. The summed E-state index contributed by atoms with van der Waals surface area (Å²) >= 11 is 0. The first-order valence-corrected chi connectivity index (χ1v) is 9.08. The first kappa shape index (κ1) is 16.3. The molecule has 1 amide bonds. The highest BCUT2D eigenvalue weighted by molar-refractivity contribution is 5.82. The Bertz CT molecular complexity index is 780. The number of rotatable bonds is 4. The number of likely N-dealkylation sites (N-methyl/N-ethyl adjacent to an activating group) is 1. The Labute approximate surface area is 148 Å². The topological polar surface area (TPSA) is 63.1 Å². The summed E-state index contributed by atoms with van der Waals surface area (Å²) in [6.45, 7) is 1.41. The zero-order valence-electron chi connectivity index (χ0n) is 14.9. The summed E-state index contributed by atoms with van der Waals surface area (Å²) < 4.78 is 2.13. The number of carbonyl (C=O) groups is 1. The number of amides is 1. The van der Waals surface area contributed by atoms with E-state index in [-0.39, 0.29) is 11.9 Å². The highest BCUT2D eigenvalue weighted by Crippen LogP contribution is 2.35. The molecule has 1 unspecified atom stereocenters. The molecular formula is C19H25N5O. The van der Waals surface area contributed by atoms with Crippen molar-refractivity contribution in [3.8, 4) is 0 Å². The van der Waals surface area contributed by atoms with E-state index in [2.05, 4.69) is 50.2 Å². The fourth-order valence-corrected chi connectivity index (χ4v) is 3.89. The lowest BCUT2D eigenvalue weighted by atomic mass is 9.85. The van der Waals surface area contributed by atoms with Gasteiger partial charge in [-0.15, -0.1) is 10.2 Å². The van der Waals surface area contributed by atoms with Crippen LogP contribution in [0.1, 0.15) is 48.0 Å². The number of nitrogens with zero attached hydrogens (tertiary/aromatic N) is 4. The molecule has 1 atom stereocenters. The Morgan fingerprint density at radius 3 is 2.68 bits per heavy atom. The average Bonchev–Trinajstić information content (AvgIpc) is 2.93. The molecule has 6 nitrogen and oxygen atoms in total. The van der Waals surface area contributed by atoms with E-state index < -0.39 is 0 Å². The summed E-state index contributed by atoms with van der Waals surface area (Å²) in [5.74, 6) is 2.66. The summed E-state index contributed by atoms with van der Waals surface area (Å²) in [4.78, 5) is 14.7. The summed E-state index contributed by atoms with van der Waals surface area (Å²) in [7, 11) is 3.76. The maximum atomic E-state index is 12.4. The van der Waals surface area contributed by atoms with Gasteiger partial charge >= 0.3 is 0 Å². The molecule has 25 heavy (non-hydrogen) atoms. The number of fused-ring (bicyclic) bond motifs is 1. The minimum atomic E-state index is -0.163. The first-order valence-electron chi connectivity index (χ1n) is 9.08. The molecule has 0 radical (unpaired) electrons. The van der Waals surface area contributed by atoms with E-state index in [0.717, 1.165) is 24.6 Å². The van der Waals surface area contributed by atoms with Crippen molar-refractivity contribution in [2.45, 2.75) is 50.7 Å². The zero-order valence-corrected chi connectivity index (χ0v) is 14.9. The van der Waals surface area contributed by atoms with Crippen LogP contribution in [-0.2, 0) is 31.4 Å². The minimum Gasteiger partial charge on any atom is -0.358 e. The van der Waals surface area contributed by atoms with Crippen molar-refractivity contribution in [2.75, 3.05) is 7.05 Å². The van der Waals surface area contributed by atoms with Crippen LogP contribution in [0.4, 0.5) is 0 Å². The monoisotopic (exact) mass is 339 g/mol. The summed E-state index contributed by atoms with van der Waals surface area (Å²) in [5.41, 5.74) is 2.56. The fraction of sp³-hybridized carbons (Fsp3) is 0.526. The molecule has 1 aliphatic heterocycles. The molecule has 132 valence electrons. The zero-order chi connectivity index (χ0) is 17.4. The van der Waals surface area contributed by atoms with E-state index >= 15 is 0 Å². The second kappa shape index (κ2) is 6.59. The smallest absolute Gasteiger partial charge is 0.237 e. The van der Waals surface area contributed by atoms with Gasteiger partial charge < -0.3 is 9.88 Å². The predicted molar refractivity (Wildman–Crippen MR) is 94.8 cm³/mol. The highest BCUT2D eigenvalue weighted by Gasteiger charge is 2.32. The van der Waals surface area contributed by atoms with Gasteiger partial charge in [-0.2, -0.15) is 0 Å². The molecule has 1 fully saturated rings. The minimum absolute atomic E-state index is 0.0656. The molecule has 0 bridgehead atoms. The molecule has 2 heterocycles. The van der Waals surface area contributed by atoms with Crippen molar-refractivity contribution in [3.05, 3.63) is 47.0 Å². The third kappa shape index (κ3) is 2.95. The van der Waals surface area contributed by atoms with E-state index in [9.17, 15) is 4.79 Å². The van der Waals surface area contributed by atoms with Crippen molar-refractivity contribution in [1.82, 2.24) is 25.0 Å². The number of hydrogen-bond donors (Lipinski definition) is 1. The van der Waals surface area contributed by atoms with Crippen molar-refractivity contribution in [3.63, 3.8) is 0 Å². The normalized spacial score (nSPS) is 20.8. The molecule has 1 aromatic heterocycles. The second-order valence-electron chi connectivity index (χ2n) is 7.17. The summed E-state index contributed by atoms with van der Waals surface area (Å²) in [6, 6.07) is 8.22. The highest BCUT2D eigenvalue weighted by atomic mass is 16.2. The van der Waals surface area contributed by atoms with Crippen LogP contribution in [0.2, 0.25) is 0 Å². The van der Waals surface area contributed by atoms with E-state index in [0.29, 0.717) is 12.5 Å². The van der Waals surface area contributed by atoms with Crippen LogP contribution in [0.15, 0.2) is 24.3 Å². The van der Waals surface area contributed by atoms with Gasteiger partial charge in [0.1, 0.15) is 11.6 Å². The van der Waals surface area contributed by atoms with Gasteiger partial charge in [0.15, 0.2) is 0 Å². The molecule has 1 aliphatic carbocycles. The quantitative estimate of drug-likeness (QED) is 0.922. The van der Waals surface area contributed by atoms with E-state index in [1.54, 1.807) is 7.05 Å². The van der Waals surface area contributed by atoms with Crippen LogP contribution in [0.3, 0.4) is 0 Å². The van der Waals surface area contributed by atoms with Gasteiger partial charge in [0.2, 0.25) is 5.91 Å². The standard InChI is InChI=1S/C19H25N5O/c1-20-19(25)16-10-14-6-3-4-7-15(14)11-24(16)12-17-21-22-18(23(17)2)13-8-5-9-13/h3-4,6-7,13,16H,5,8-12H2,1-2H3,(H,20,25). The van der Waals surface area contributed by atoms with Crippen LogP contribution >= 0.6 is 0 Å². The van der Waals surface area contributed by atoms with Gasteiger partial charge in [0.25, 0.3) is 0 Å². The lowest BCUT2D eigenvalue weighted by Gasteiger charge is -2.35. The summed E-state index contributed by atoms with van der Waals surface area (Å²) in [5, 5.41) is 11.7. The van der Waals surface area contributed by atoms with Crippen molar-refractivity contribution in [1.29, 1.82) is 0 Å². The molecule has 0 saturated heterocycles. The molecule has 4 rings (SSSR count). The van der Waals surface area contributed by atoms with Crippen molar-refractivity contribution in [2.24, 2.45) is 7.05 Å². The molecular weight excluding hydrogens is 314 g/mol. The van der Waals surface area contributed by atoms with Crippen LogP contribution in [-0.4, -0.2) is 38.7 Å².